The molecule has 3 rings (SSSR count). The first-order chi connectivity index (χ1) is 17.8. The van der Waals surface area contributed by atoms with E-state index >= 15 is 0 Å². The van der Waals surface area contributed by atoms with Crippen molar-refractivity contribution in [3.63, 3.8) is 0 Å². The Kier molecular flexibility index (Phi) is 9.84. The Balaban J connectivity index is 1.56. The molecule has 0 radical (unpaired) electrons. The lowest BCUT2D eigenvalue weighted by atomic mass is 10.1. The van der Waals surface area contributed by atoms with Crippen molar-refractivity contribution in [1.82, 2.24) is 0 Å². The van der Waals surface area contributed by atoms with E-state index < -0.39 is 59.9 Å². The van der Waals surface area contributed by atoms with Gasteiger partial charge in [-0.05, 0) is 50.3 Å². The average molecular weight is 571 g/mol. The van der Waals surface area contributed by atoms with Gasteiger partial charge in [0.2, 0.25) is 0 Å². The van der Waals surface area contributed by atoms with Gasteiger partial charge in [-0.15, -0.1) is 0 Å². The smallest absolute Gasteiger partial charge is 0.303 e. The van der Waals surface area contributed by atoms with E-state index in [1.807, 2.05) is 0 Å². The summed E-state index contributed by atoms with van der Waals surface area (Å²) in [5, 5.41) is 22.9. The molecule has 6 atom stereocenters. The van der Waals surface area contributed by atoms with E-state index in [-0.39, 0.29) is 13.2 Å². The lowest BCUT2D eigenvalue weighted by Gasteiger charge is -2.38. The fourth-order valence-electron chi connectivity index (χ4n) is 3.49. The molecule has 0 spiro atoms. The number of rotatable bonds is 10. The number of esters is 2. The van der Waals surface area contributed by atoms with Gasteiger partial charge in [0.15, 0.2) is 23.8 Å². The first kappa shape index (κ1) is 29.9. The lowest BCUT2D eigenvalue weighted by Crippen LogP contribution is -2.53. The molecule has 3 aliphatic heterocycles. The van der Waals surface area contributed by atoms with E-state index in [2.05, 4.69) is 0 Å². The van der Waals surface area contributed by atoms with E-state index in [1.165, 1.54) is 59.7 Å². The van der Waals surface area contributed by atoms with E-state index in [0.29, 0.717) is 0 Å². The molecule has 0 aromatic rings. The Morgan fingerprint density at radius 2 is 1.16 bits per heavy atom. The summed E-state index contributed by atoms with van der Waals surface area (Å²) in [6.07, 6.45) is 3.98. The first-order valence-corrected chi connectivity index (χ1v) is 13.5. The Hall–Kier alpha value is -2.62. The van der Waals surface area contributed by atoms with Crippen molar-refractivity contribution in [1.29, 1.82) is 0 Å². The summed E-state index contributed by atoms with van der Waals surface area (Å²) in [5.74, 6) is -7.17. The number of hydrogen-bond donors (Lipinski definition) is 0. The van der Waals surface area contributed by atoms with Crippen LogP contribution in [-0.2, 0) is 47.6 Å². The zero-order chi connectivity index (χ0) is 28.1. The number of carboxylic acids is 2. The van der Waals surface area contributed by atoms with Gasteiger partial charge in [0.05, 0.1) is 25.2 Å². The minimum Gasteiger partial charge on any atom is -0.547 e. The largest absolute Gasteiger partial charge is 0.547 e. The third kappa shape index (κ3) is 8.19. The molecule has 0 N–H and O–H groups in total. The fraction of sp³-hybridized carbons (Fsp3) is 0.500. The normalized spacial score (nSPS) is 32.6. The molecule has 12 nitrogen and oxygen atoms in total. The van der Waals surface area contributed by atoms with Crippen LogP contribution < -0.4 is 10.2 Å². The van der Waals surface area contributed by atoms with Gasteiger partial charge in [0, 0.05) is 23.7 Å². The molecule has 0 amide bonds. The van der Waals surface area contributed by atoms with Crippen LogP contribution in [0.15, 0.2) is 46.3 Å². The van der Waals surface area contributed by atoms with Gasteiger partial charge < -0.3 is 48.2 Å². The second kappa shape index (κ2) is 12.5. The number of ether oxygens (including phenoxy) is 6. The van der Waals surface area contributed by atoms with Crippen LogP contribution in [0, 0.1) is 0 Å². The van der Waals surface area contributed by atoms with Crippen molar-refractivity contribution >= 4 is 45.5 Å². The molecule has 208 valence electrons. The van der Waals surface area contributed by atoms with E-state index in [0.717, 1.165) is 23.7 Å². The van der Waals surface area contributed by atoms with Crippen LogP contribution in [0.25, 0.3) is 0 Å². The molecule has 0 unspecified atom stereocenters. The molecule has 0 saturated carbocycles. The number of allylic oxidation sites excluding steroid dienone is 2. The number of carbonyl (C=O) groups is 4. The highest BCUT2D eigenvalue weighted by atomic mass is 33.1. The second-order valence-electron chi connectivity index (χ2n) is 8.62. The van der Waals surface area contributed by atoms with Gasteiger partial charge in [-0.3, -0.25) is 9.59 Å². The SMILES string of the molecule is CC(=O)O[C@H]1C=C[C@@](C)(OCC2=CC=C(CO[C@]3(C)C=C[C@H](OC(C)=O)[C@@H](C(=O)[O-])O3)SS2)O[C@@H]1C(=O)[O-]. The summed E-state index contributed by atoms with van der Waals surface area (Å²) >= 11 is 0. The van der Waals surface area contributed by atoms with E-state index in [9.17, 15) is 29.4 Å². The Labute approximate surface area is 226 Å². The molecule has 0 aromatic heterocycles. The van der Waals surface area contributed by atoms with Crippen LogP contribution in [0.5, 0.6) is 0 Å². The third-order valence-corrected chi connectivity index (χ3v) is 7.83. The molecular formula is C24H26O12S2-2. The van der Waals surface area contributed by atoms with Gasteiger partial charge in [0.25, 0.3) is 0 Å². The van der Waals surface area contributed by atoms with Crippen molar-refractivity contribution in [2.24, 2.45) is 0 Å². The average Bonchev–Trinajstić information content (AvgIpc) is 2.84. The van der Waals surface area contributed by atoms with Gasteiger partial charge in [-0.2, -0.15) is 0 Å². The fourth-order valence-corrected chi connectivity index (χ4v) is 5.43. The number of carboxylic acid groups (broad SMARTS) is 2. The van der Waals surface area contributed by atoms with Gasteiger partial charge in [-0.25, -0.2) is 0 Å². The topological polar surface area (TPSA) is 170 Å². The molecule has 0 saturated heterocycles. The van der Waals surface area contributed by atoms with E-state index in [1.54, 1.807) is 12.2 Å². The van der Waals surface area contributed by atoms with Crippen LogP contribution in [0.1, 0.15) is 27.7 Å². The Morgan fingerprint density at radius 3 is 1.45 bits per heavy atom. The maximum absolute atomic E-state index is 11.5. The van der Waals surface area contributed by atoms with Crippen LogP contribution in [0.4, 0.5) is 0 Å². The monoisotopic (exact) mass is 570 g/mol. The predicted molar refractivity (Wildman–Crippen MR) is 129 cm³/mol. The van der Waals surface area contributed by atoms with Crippen LogP contribution >= 0.6 is 21.6 Å². The Bertz CT molecular complexity index is 998. The summed E-state index contributed by atoms with van der Waals surface area (Å²) in [6.45, 7) is 5.57. The minimum absolute atomic E-state index is 0.0928. The highest BCUT2D eigenvalue weighted by Crippen LogP contribution is 2.41. The molecular weight excluding hydrogens is 544 g/mol. The summed E-state index contributed by atoms with van der Waals surface area (Å²) in [4.78, 5) is 46.9. The van der Waals surface area contributed by atoms with Crippen molar-refractivity contribution in [2.75, 3.05) is 13.2 Å². The lowest BCUT2D eigenvalue weighted by molar-refractivity contribution is -0.334. The number of carbonyl (C=O) groups excluding carboxylic acids is 4. The van der Waals surface area contributed by atoms with Crippen LogP contribution in [0.3, 0.4) is 0 Å². The maximum Gasteiger partial charge on any atom is 0.303 e. The first-order valence-electron chi connectivity index (χ1n) is 11.3. The molecule has 3 aliphatic rings. The highest BCUT2D eigenvalue weighted by molar-refractivity contribution is 8.79. The zero-order valence-electron chi connectivity index (χ0n) is 20.9. The quantitative estimate of drug-likeness (QED) is 0.194. The van der Waals surface area contributed by atoms with Gasteiger partial charge in [0.1, 0.15) is 12.2 Å². The molecule has 0 bridgehead atoms. The highest BCUT2D eigenvalue weighted by Gasteiger charge is 2.39. The zero-order valence-corrected chi connectivity index (χ0v) is 22.5. The summed E-state index contributed by atoms with van der Waals surface area (Å²) in [5.41, 5.74) is 0. The Morgan fingerprint density at radius 1 is 0.789 bits per heavy atom. The van der Waals surface area contributed by atoms with Crippen LogP contribution in [-0.4, -0.2) is 73.1 Å². The summed E-state index contributed by atoms with van der Waals surface area (Å²) < 4.78 is 32.5. The summed E-state index contributed by atoms with van der Waals surface area (Å²) in [7, 11) is 2.76. The van der Waals surface area contributed by atoms with Crippen molar-refractivity contribution in [2.45, 2.75) is 63.7 Å². The maximum atomic E-state index is 11.5. The minimum atomic E-state index is -1.54. The van der Waals surface area contributed by atoms with Crippen molar-refractivity contribution < 1.29 is 57.8 Å². The summed E-state index contributed by atoms with van der Waals surface area (Å²) in [6, 6.07) is 0. The standard InChI is InChI=1S/C24H28O12S2/c1-13(25)33-17-7-9-23(3,35-19(17)21(27)28)31-11-15-5-6-16(38-37-15)12-32-24(4)10-8-18(34-14(2)26)20(36-24)22(29)30/h5-10,17-20H,11-12H2,1-4H3,(H,27,28)(H,29,30)/p-2/t17-,18-,19-,20-,23-,24-/m0/s1. The van der Waals surface area contributed by atoms with Crippen molar-refractivity contribution in [3.05, 3.63) is 46.3 Å². The predicted octanol–water partition coefficient (Wildman–Crippen LogP) is -0.112. The number of aliphatic carboxylic acids is 2. The molecule has 0 aliphatic carbocycles. The molecule has 38 heavy (non-hydrogen) atoms. The van der Waals surface area contributed by atoms with E-state index in [4.69, 9.17) is 28.4 Å². The second-order valence-corrected chi connectivity index (χ2v) is 11.0. The van der Waals surface area contributed by atoms with Crippen molar-refractivity contribution in [3.8, 4) is 0 Å². The molecule has 3 heterocycles. The number of hydrogen-bond acceptors (Lipinski definition) is 14. The van der Waals surface area contributed by atoms with Gasteiger partial charge in [-0.1, -0.05) is 21.6 Å². The molecule has 14 heteroatoms. The third-order valence-electron chi connectivity index (χ3n) is 5.28. The van der Waals surface area contributed by atoms with Gasteiger partial charge >= 0.3 is 11.9 Å². The molecule has 0 fully saturated rings. The molecule has 0 aromatic carbocycles. The van der Waals surface area contributed by atoms with Crippen LogP contribution in [0.2, 0.25) is 0 Å².